The van der Waals surface area contributed by atoms with Crippen LogP contribution in [-0.4, -0.2) is 16.5 Å². The van der Waals surface area contributed by atoms with Gasteiger partial charge in [-0.3, -0.25) is 0 Å². The minimum absolute atomic E-state index is 0.385. The van der Waals surface area contributed by atoms with Crippen molar-refractivity contribution >= 4 is 5.82 Å². The number of aromatic nitrogens is 2. The third-order valence-electron chi connectivity index (χ3n) is 3.97. The van der Waals surface area contributed by atoms with Gasteiger partial charge in [0.15, 0.2) is 0 Å². The third kappa shape index (κ3) is 3.21. The van der Waals surface area contributed by atoms with E-state index in [4.69, 9.17) is 0 Å². The lowest BCUT2D eigenvalue weighted by Crippen LogP contribution is -2.17. The fourth-order valence-corrected chi connectivity index (χ4v) is 2.70. The molecule has 2 atom stereocenters. The molecule has 0 radical (unpaired) electrons. The van der Waals surface area contributed by atoms with Crippen molar-refractivity contribution in [1.29, 1.82) is 0 Å². The van der Waals surface area contributed by atoms with Gasteiger partial charge in [0.25, 0.3) is 0 Å². The molecule has 3 heteroatoms. The normalized spacial score (nSPS) is 23.6. The quantitative estimate of drug-likeness (QED) is 0.880. The fraction of sp³-hybridized carbons (Fsp3) is 0.733. The first-order valence-electron chi connectivity index (χ1n) is 7.15. The molecule has 0 saturated heterocycles. The number of hydrogen-bond donors (Lipinski definition) is 1. The van der Waals surface area contributed by atoms with E-state index in [-0.39, 0.29) is 0 Å². The van der Waals surface area contributed by atoms with Crippen LogP contribution in [0.4, 0.5) is 5.82 Å². The lowest BCUT2D eigenvalue weighted by atomic mass is 9.98. The summed E-state index contributed by atoms with van der Waals surface area (Å²) < 4.78 is 0. The molecule has 0 aromatic carbocycles. The second kappa shape index (κ2) is 5.68. The molecule has 100 valence electrons. The van der Waals surface area contributed by atoms with Gasteiger partial charge in [0.1, 0.15) is 11.6 Å². The Balaban J connectivity index is 2.00. The van der Waals surface area contributed by atoms with E-state index in [1.807, 2.05) is 13.0 Å². The van der Waals surface area contributed by atoms with E-state index >= 15 is 0 Å². The van der Waals surface area contributed by atoms with Crippen LogP contribution in [0, 0.1) is 18.8 Å². The van der Waals surface area contributed by atoms with Crippen LogP contribution >= 0.6 is 0 Å². The van der Waals surface area contributed by atoms with Gasteiger partial charge in [0.2, 0.25) is 0 Å². The van der Waals surface area contributed by atoms with Crippen LogP contribution in [0.1, 0.15) is 57.5 Å². The van der Waals surface area contributed by atoms with E-state index in [0.717, 1.165) is 35.7 Å². The van der Waals surface area contributed by atoms with Crippen LogP contribution in [0.15, 0.2) is 6.07 Å². The molecule has 1 aliphatic rings. The summed E-state index contributed by atoms with van der Waals surface area (Å²) >= 11 is 0. The molecule has 1 saturated carbocycles. The number of aryl methyl sites for hydroxylation is 1. The first-order chi connectivity index (χ1) is 8.56. The van der Waals surface area contributed by atoms with Crippen molar-refractivity contribution in [1.82, 2.24) is 9.97 Å². The van der Waals surface area contributed by atoms with Crippen LogP contribution in [0.25, 0.3) is 0 Å². The monoisotopic (exact) mass is 247 g/mol. The highest BCUT2D eigenvalue weighted by atomic mass is 15.0. The molecule has 1 N–H and O–H groups in total. The molecule has 1 heterocycles. The highest BCUT2D eigenvalue weighted by Gasteiger charge is 2.23. The lowest BCUT2D eigenvalue weighted by Gasteiger charge is -2.17. The van der Waals surface area contributed by atoms with E-state index in [1.165, 1.54) is 19.3 Å². The minimum Gasteiger partial charge on any atom is -0.370 e. The Morgan fingerprint density at radius 3 is 2.72 bits per heavy atom. The van der Waals surface area contributed by atoms with E-state index in [2.05, 4.69) is 36.1 Å². The summed E-state index contributed by atoms with van der Waals surface area (Å²) in [5.41, 5.74) is 1.05. The molecule has 2 rings (SSSR count). The molecule has 2 unspecified atom stereocenters. The highest BCUT2D eigenvalue weighted by molar-refractivity contribution is 5.36. The van der Waals surface area contributed by atoms with Crippen molar-refractivity contribution in [2.45, 2.75) is 52.9 Å². The highest BCUT2D eigenvalue weighted by Crippen LogP contribution is 2.31. The van der Waals surface area contributed by atoms with E-state index < -0.39 is 0 Å². The molecule has 0 aliphatic heterocycles. The summed E-state index contributed by atoms with van der Waals surface area (Å²) in [7, 11) is 0. The molecule has 18 heavy (non-hydrogen) atoms. The van der Waals surface area contributed by atoms with Crippen LogP contribution in [0.3, 0.4) is 0 Å². The molecule has 0 bridgehead atoms. The topological polar surface area (TPSA) is 37.8 Å². The number of rotatable bonds is 4. The van der Waals surface area contributed by atoms with Gasteiger partial charge in [-0.25, -0.2) is 9.97 Å². The van der Waals surface area contributed by atoms with Gasteiger partial charge in [-0.1, -0.05) is 33.6 Å². The molecule has 3 nitrogen and oxygen atoms in total. The number of nitrogens with one attached hydrogen (secondary N) is 1. The van der Waals surface area contributed by atoms with Gasteiger partial charge < -0.3 is 5.32 Å². The molecular weight excluding hydrogens is 222 g/mol. The second-order valence-corrected chi connectivity index (χ2v) is 5.96. The first-order valence-corrected chi connectivity index (χ1v) is 7.15. The Bertz CT molecular complexity index is 401. The van der Waals surface area contributed by atoms with Crippen molar-refractivity contribution in [2.75, 3.05) is 11.9 Å². The Morgan fingerprint density at radius 1 is 1.33 bits per heavy atom. The maximum Gasteiger partial charge on any atom is 0.133 e. The molecule has 1 fully saturated rings. The lowest BCUT2D eigenvalue weighted by molar-refractivity contribution is 0.439. The molecule has 0 amide bonds. The zero-order valence-electron chi connectivity index (χ0n) is 12.0. The van der Waals surface area contributed by atoms with Gasteiger partial charge in [0.05, 0.1) is 0 Å². The average Bonchev–Trinajstić information content (AvgIpc) is 2.71. The predicted octanol–water partition coefficient (Wildman–Crippen LogP) is 3.76. The Kier molecular flexibility index (Phi) is 4.20. The fourth-order valence-electron chi connectivity index (χ4n) is 2.70. The smallest absolute Gasteiger partial charge is 0.133 e. The van der Waals surface area contributed by atoms with E-state index in [1.54, 1.807) is 0 Å². The van der Waals surface area contributed by atoms with Crippen LogP contribution in [-0.2, 0) is 0 Å². The Morgan fingerprint density at radius 2 is 2.11 bits per heavy atom. The summed E-state index contributed by atoms with van der Waals surface area (Å²) in [4.78, 5) is 9.07. The number of nitrogens with zero attached hydrogens (tertiary/aromatic N) is 2. The Labute approximate surface area is 110 Å². The van der Waals surface area contributed by atoms with E-state index in [0.29, 0.717) is 5.92 Å². The van der Waals surface area contributed by atoms with E-state index in [9.17, 15) is 0 Å². The summed E-state index contributed by atoms with van der Waals surface area (Å²) in [5.74, 6) is 3.98. The van der Waals surface area contributed by atoms with Crippen molar-refractivity contribution < 1.29 is 0 Å². The number of hydrogen-bond acceptors (Lipinski definition) is 3. The predicted molar refractivity (Wildman–Crippen MR) is 75.9 cm³/mol. The van der Waals surface area contributed by atoms with Crippen molar-refractivity contribution in [3.05, 3.63) is 17.6 Å². The third-order valence-corrected chi connectivity index (χ3v) is 3.97. The SMILES string of the molecule is Cc1cc(NCC2CCCC2C)nc(C(C)C)n1. The summed E-state index contributed by atoms with van der Waals surface area (Å²) in [6, 6.07) is 2.05. The summed E-state index contributed by atoms with van der Waals surface area (Å²) in [6.07, 6.45) is 4.12. The Hall–Kier alpha value is -1.12. The van der Waals surface area contributed by atoms with Gasteiger partial charge in [0, 0.05) is 24.2 Å². The molecular formula is C15H25N3. The van der Waals surface area contributed by atoms with Gasteiger partial charge in [-0.05, 0) is 25.2 Å². The van der Waals surface area contributed by atoms with Crippen LogP contribution in [0.2, 0.25) is 0 Å². The summed E-state index contributed by atoms with van der Waals surface area (Å²) in [5, 5.41) is 3.50. The molecule has 1 aromatic rings. The molecule has 0 spiro atoms. The first kappa shape index (κ1) is 13.3. The molecule has 1 aliphatic carbocycles. The van der Waals surface area contributed by atoms with Crippen LogP contribution in [0.5, 0.6) is 0 Å². The molecule has 1 aromatic heterocycles. The van der Waals surface area contributed by atoms with Crippen molar-refractivity contribution in [3.63, 3.8) is 0 Å². The van der Waals surface area contributed by atoms with Gasteiger partial charge in [-0.15, -0.1) is 0 Å². The summed E-state index contributed by atoms with van der Waals surface area (Å²) in [6.45, 7) is 9.73. The minimum atomic E-state index is 0.385. The van der Waals surface area contributed by atoms with Gasteiger partial charge in [-0.2, -0.15) is 0 Å². The standard InChI is InChI=1S/C15H25N3/c1-10(2)15-17-12(4)8-14(18-15)16-9-13-7-5-6-11(13)3/h8,10-11,13H,5-7,9H2,1-4H3,(H,16,17,18). The van der Waals surface area contributed by atoms with Gasteiger partial charge >= 0.3 is 0 Å². The maximum absolute atomic E-state index is 4.60. The second-order valence-electron chi connectivity index (χ2n) is 5.96. The van der Waals surface area contributed by atoms with Crippen molar-refractivity contribution in [2.24, 2.45) is 11.8 Å². The zero-order valence-corrected chi connectivity index (χ0v) is 12.0. The van der Waals surface area contributed by atoms with Crippen molar-refractivity contribution in [3.8, 4) is 0 Å². The average molecular weight is 247 g/mol. The maximum atomic E-state index is 4.60. The zero-order chi connectivity index (χ0) is 13.1. The van der Waals surface area contributed by atoms with Crippen LogP contribution < -0.4 is 5.32 Å². The number of anilines is 1. The largest absolute Gasteiger partial charge is 0.370 e.